The molecule has 0 saturated heterocycles. The monoisotopic (exact) mass is 255 g/mol. The zero-order valence-electron chi connectivity index (χ0n) is 8.45. The van der Waals surface area contributed by atoms with Crippen molar-refractivity contribution < 1.29 is 47.5 Å². The van der Waals surface area contributed by atoms with Crippen molar-refractivity contribution in [2.75, 3.05) is 11.2 Å². The summed E-state index contributed by atoms with van der Waals surface area (Å²) in [6, 6.07) is 5.16. The largest absolute Gasteiger partial charge is 1.00 e. The molecule has 0 aliphatic heterocycles. The second-order valence-electron chi connectivity index (χ2n) is 2.71. The van der Waals surface area contributed by atoms with Crippen LogP contribution in [0.25, 0.3) is 0 Å². The Bertz CT molecular complexity index is 458. The molecule has 9 heteroatoms. The second kappa shape index (κ2) is 6.16. The van der Waals surface area contributed by atoms with Crippen molar-refractivity contribution in [2.45, 2.75) is 0 Å². The molecule has 1 rings (SSSR count). The maximum Gasteiger partial charge on any atom is 1.00 e. The standard InChI is InChI=1S/C7H8N2O5S.Na/c10-9(11)7-3-1-6(2-4-7)8-5-15(12,13)14;/h1-4,8H,5H2,(H,12,13,14);/q;+1. The Kier molecular flexibility index (Phi) is 5.90. The smallest absolute Gasteiger partial charge is 0.370 e. The van der Waals surface area contributed by atoms with Gasteiger partial charge in [0.15, 0.2) is 0 Å². The molecule has 16 heavy (non-hydrogen) atoms. The molecular formula is C7H8N2NaO5S+. The van der Waals surface area contributed by atoms with Crippen LogP contribution in [-0.2, 0) is 10.1 Å². The summed E-state index contributed by atoms with van der Waals surface area (Å²) in [5.74, 6) is -0.634. The van der Waals surface area contributed by atoms with Gasteiger partial charge in [-0.3, -0.25) is 14.7 Å². The SMILES string of the molecule is O=[N+]([O-])c1ccc(NCS(=O)(=O)O)cc1.[Na+]. The fourth-order valence-electron chi connectivity index (χ4n) is 0.876. The maximum atomic E-state index is 10.4. The van der Waals surface area contributed by atoms with E-state index < -0.39 is 20.9 Å². The van der Waals surface area contributed by atoms with Gasteiger partial charge in [0.25, 0.3) is 15.8 Å². The van der Waals surface area contributed by atoms with E-state index in [1.54, 1.807) is 0 Å². The number of benzene rings is 1. The summed E-state index contributed by atoms with van der Waals surface area (Å²) in [4.78, 5) is 9.72. The fourth-order valence-corrected chi connectivity index (χ4v) is 1.22. The first-order valence-corrected chi connectivity index (χ1v) is 5.43. The van der Waals surface area contributed by atoms with E-state index >= 15 is 0 Å². The predicted octanol–water partition coefficient (Wildman–Crippen LogP) is -2.14. The number of rotatable bonds is 4. The number of nitro benzene ring substituents is 1. The van der Waals surface area contributed by atoms with Crippen molar-refractivity contribution in [2.24, 2.45) is 0 Å². The molecule has 82 valence electrons. The van der Waals surface area contributed by atoms with E-state index in [-0.39, 0.29) is 35.2 Å². The van der Waals surface area contributed by atoms with E-state index in [1.165, 1.54) is 24.3 Å². The van der Waals surface area contributed by atoms with E-state index in [2.05, 4.69) is 5.32 Å². The Hall–Kier alpha value is -0.670. The minimum absolute atomic E-state index is 0. The molecule has 2 N–H and O–H groups in total. The van der Waals surface area contributed by atoms with Crippen LogP contribution < -0.4 is 34.9 Å². The van der Waals surface area contributed by atoms with Crippen LogP contribution in [0.4, 0.5) is 11.4 Å². The summed E-state index contributed by atoms with van der Waals surface area (Å²) in [7, 11) is -4.09. The van der Waals surface area contributed by atoms with E-state index in [1.807, 2.05) is 0 Å². The quantitative estimate of drug-likeness (QED) is 0.275. The van der Waals surface area contributed by atoms with Gasteiger partial charge in [-0.25, -0.2) is 0 Å². The van der Waals surface area contributed by atoms with Gasteiger partial charge in [0.1, 0.15) is 5.88 Å². The van der Waals surface area contributed by atoms with E-state index in [4.69, 9.17) is 4.55 Å². The van der Waals surface area contributed by atoms with E-state index in [0.717, 1.165) is 0 Å². The van der Waals surface area contributed by atoms with Crippen LogP contribution in [0.3, 0.4) is 0 Å². The van der Waals surface area contributed by atoms with Gasteiger partial charge in [-0.2, -0.15) is 8.42 Å². The first-order valence-electron chi connectivity index (χ1n) is 3.82. The topological polar surface area (TPSA) is 110 Å². The summed E-state index contributed by atoms with van der Waals surface area (Å²) in [5.41, 5.74) is 0.283. The third-order valence-electron chi connectivity index (χ3n) is 1.54. The molecule has 1 aromatic rings. The molecule has 0 fully saturated rings. The molecule has 0 unspecified atom stereocenters. The normalized spacial score (nSPS) is 10.3. The van der Waals surface area contributed by atoms with Gasteiger partial charge in [-0.15, -0.1) is 0 Å². The van der Waals surface area contributed by atoms with Gasteiger partial charge < -0.3 is 5.32 Å². The Morgan fingerprint density at radius 3 is 2.19 bits per heavy atom. The molecule has 0 spiro atoms. The third-order valence-corrected chi connectivity index (χ3v) is 2.05. The number of hydrogen-bond acceptors (Lipinski definition) is 5. The van der Waals surface area contributed by atoms with Gasteiger partial charge in [0.2, 0.25) is 0 Å². The molecule has 0 amide bonds. The minimum atomic E-state index is -4.09. The van der Waals surface area contributed by atoms with Gasteiger partial charge in [-0.1, -0.05) is 0 Å². The molecule has 0 aromatic heterocycles. The third kappa shape index (κ3) is 5.42. The van der Waals surface area contributed by atoms with Crippen LogP contribution in [0.2, 0.25) is 0 Å². The zero-order chi connectivity index (χ0) is 11.5. The van der Waals surface area contributed by atoms with E-state index in [9.17, 15) is 18.5 Å². The first kappa shape index (κ1) is 15.3. The van der Waals surface area contributed by atoms with Crippen LogP contribution in [0.1, 0.15) is 0 Å². The van der Waals surface area contributed by atoms with Crippen LogP contribution >= 0.6 is 0 Å². The van der Waals surface area contributed by atoms with Crippen LogP contribution in [0.5, 0.6) is 0 Å². The Morgan fingerprint density at radius 1 is 1.31 bits per heavy atom. The Labute approximate surface area is 114 Å². The van der Waals surface area contributed by atoms with Crippen molar-refractivity contribution in [1.82, 2.24) is 0 Å². The van der Waals surface area contributed by atoms with Gasteiger partial charge in [-0.05, 0) is 12.1 Å². The molecule has 0 atom stereocenters. The fraction of sp³-hybridized carbons (Fsp3) is 0.143. The van der Waals surface area contributed by atoms with Gasteiger partial charge >= 0.3 is 29.6 Å². The molecule has 0 radical (unpaired) electrons. The summed E-state index contributed by atoms with van der Waals surface area (Å²) in [5, 5.41) is 12.7. The van der Waals surface area contributed by atoms with Crippen molar-refractivity contribution in [3.05, 3.63) is 34.4 Å². The molecule has 1 aromatic carbocycles. The molecule has 0 aliphatic carbocycles. The summed E-state index contributed by atoms with van der Waals surface area (Å²) in [6.07, 6.45) is 0. The van der Waals surface area contributed by atoms with Crippen LogP contribution in [0, 0.1) is 10.1 Å². The first-order chi connectivity index (χ1) is 6.88. The van der Waals surface area contributed by atoms with E-state index in [0.29, 0.717) is 5.69 Å². The Morgan fingerprint density at radius 2 is 1.81 bits per heavy atom. The number of nitrogens with one attached hydrogen (secondary N) is 1. The maximum absolute atomic E-state index is 10.4. The molecule has 7 nitrogen and oxygen atoms in total. The molecule has 0 saturated carbocycles. The minimum Gasteiger partial charge on any atom is -0.370 e. The van der Waals surface area contributed by atoms with Crippen molar-refractivity contribution >= 4 is 21.5 Å². The molecule has 0 heterocycles. The number of anilines is 1. The summed E-state index contributed by atoms with van der Waals surface area (Å²) >= 11 is 0. The number of non-ortho nitro benzene ring substituents is 1. The van der Waals surface area contributed by atoms with Crippen LogP contribution in [0.15, 0.2) is 24.3 Å². The predicted molar refractivity (Wildman–Crippen MR) is 53.1 cm³/mol. The van der Waals surface area contributed by atoms with Gasteiger partial charge in [0.05, 0.1) is 4.92 Å². The second-order valence-corrected chi connectivity index (χ2v) is 4.16. The molecular weight excluding hydrogens is 247 g/mol. The molecule has 0 aliphatic rings. The summed E-state index contributed by atoms with van der Waals surface area (Å²) in [6.45, 7) is 0. The zero-order valence-corrected chi connectivity index (χ0v) is 11.3. The van der Waals surface area contributed by atoms with Crippen LogP contribution in [-0.4, -0.2) is 23.8 Å². The number of nitrogens with zero attached hydrogens (tertiary/aromatic N) is 1. The van der Waals surface area contributed by atoms with Crippen molar-refractivity contribution in [3.63, 3.8) is 0 Å². The van der Waals surface area contributed by atoms with Crippen molar-refractivity contribution in [3.8, 4) is 0 Å². The summed E-state index contributed by atoms with van der Waals surface area (Å²) < 4.78 is 29.2. The number of nitro groups is 1. The molecule has 0 bridgehead atoms. The number of hydrogen-bond donors (Lipinski definition) is 2. The van der Waals surface area contributed by atoms with Crippen molar-refractivity contribution in [1.29, 1.82) is 0 Å². The average Bonchev–Trinajstić information content (AvgIpc) is 2.14. The van der Waals surface area contributed by atoms with Gasteiger partial charge in [0, 0.05) is 17.8 Å². The Balaban J connectivity index is 0.00000225. The average molecular weight is 255 g/mol.